The number of aromatic amines is 1. The number of anilines is 1. The molecule has 35 heavy (non-hydrogen) atoms. The number of fused-ring (bicyclic) bond motifs is 1. The van der Waals surface area contributed by atoms with Crippen LogP contribution in [0, 0.1) is 11.6 Å². The summed E-state index contributed by atoms with van der Waals surface area (Å²) < 4.78 is 35.2. The van der Waals surface area contributed by atoms with Crippen LogP contribution in [0.15, 0.2) is 10.9 Å². The van der Waals surface area contributed by atoms with Crippen molar-refractivity contribution in [3.8, 4) is 0 Å². The number of aromatic nitrogens is 2. The molecule has 7 nitrogen and oxygen atoms in total. The zero-order valence-corrected chi connectivity index (χ0v) is 21.1. The van der Waals surface area contributed by atoms with Crippen LogP contribution in [-0.4, -0.2) is 83.5 Å². The summed E-state index contributed by atoms with van der Waals surface area (Å²) in [4.78, 5) is 24.6. The predicted molar refractivity (Wildman–Crippen MR) is 136 cm³/mol. The van der Waals surface area contributed by atoms with E-state index < -0.39 is 17.2 Å². The molecule has 0 radical (unpaired) electrons. The van der Waals surface area contributed by atoms with Crippen molar-refractivity contribution in [3.63, 3.8) is 0 Å². The molecule has 2 aromatic rings. The highest BCUT2D eigenvalue weighted by Crippen LogP contribution is 2.30. The van der Waals surface area contributed by atoms with Crippen LogP contribution in [0.1, 0.15) is 44.3 Å². The van der Waals surface area contributed by atoms with Crippen molar-refractivity contribution in [2.45, 2.75) is 61.6 Å². The fourth-order valence-electron chi connectivity index (χ4n) is 5.49. The molecule has 3 heterocycles. The van der Waals surface area contributed by atoms with Crippen molar-refractivity contribution in [1.82, 2.24) is 19.8 Å². The van der Waals surface area contributed by atoms with E-state index >= 15 is 0 Å². The number of hydrogen-bond donors (Lipinski definition) is 2. The third-order valence-electron chi connectivity index (χ3n) is 7.66. The lowest BCUT2D eigenvalue weighted by Crippen LogP contribution is -2.50. The molecule has 0 bridgehead atoms. The first-order valence-electron chi connectivity index (χ1n) is 12.8. The van der Waals surface area contributed by atoms with Gasteiger partial charge in [-0.15, -0.1) is 0 Å². The van der Waals surface area contributed by atoms with Gasteiger partial charge in [-0.2, -0.15) is 11.8 Å². The van der Waals surface area contributed by atoms with Gasteiger partial charge in [0.05, 0.1) is 17.0 Å². The molecule has 0 spiro atoms. The number of rotatable bonds is 6. The van der Waals surface area contributed by atoms with E-state index in [0.717, 1.165) is 77.9 Å². The maximum atomic E-state index is 14.9. The van der Waals surface area contributed by atoms with Crippen molar-refractivity contribution in [1.29, 1.82) is 0 Å². The van der Waals surface area contributed by atoms with Crippen LogP contribution >= 0.6 is 11.8 Å². The lowest BCUT2D eigenvalue weighted by Gasteiger charge is -2.41. The third kappa shape index (κ3) is 5.81. The second kappa shape index (κ2) is 11.1. The lowest BCUT2D eigenvalue weighted by atomic mass is 9.89. The van der Waals surface area contributed by atoms with Gasteiger partial charge in [0, 0.05) is 56.7 Å². The number of hydrogen-bond acceptors (Lipinski definition) is 7. The summed E-state index contributed by atoms with van der Waals surface area (Å²) >= 11 is 1.72. The van der Waals surface area contributed by atoms with E-state index in [2.05, 4.69) is 32.1 Å². The van der Waals surface area contributed by atoms with Gasteiger partial charge >= 0.3 is 0 Å². The first kappa shape index (κ1) is 24.9. The van der Waals surface area contributed by atoms with Crippen LogP contribution in [0.3, 0.4) is 0 Å². The number of nitrogens with one attached hydrogen (secondary N) is 2. The highest BCUT2D eigenvalue weighted by molar-refractivity contribution is 7.99. The topological polar surface area (TPSA) is 73.5 Å². The van der Waals surface area contributed by atoms with Gasteiger partial charge in [-0.1, -0.05) is 0 Å². The van der Waals surface area contributed by atoms with Crippen molar-refractivity contribution in [2.24, 2.45) is 0 Å². The highest BCUT2D eigenvalue weighted by Gasteiger charge is 2.28. The fourth-order valence-corrected chi connectivity index (χ4v) is 6.54. The molecule has 1 aromatic heterocycles. The summed E-state index contributed by atoms with van der Waals surface area (Å²) in [5.74, 6) is -1.12. The van der Waals surface area contributed by atoms with Crippen LogP contribution < -0.4 is 10.9 Å². The van der Waals surface area contributed by atoms with E-state index in [1.165, 1.54) is 6.07 Å². The molecule has 1 saturated carbocycles. The van der Waals surface area contributed by atoms with E-state index in [4.69, 9.17) is 4.74 Å². The number of H-pyrrole nitrogens is 1. The zero-order valence-electron chi connectivity index (χ0n) is 20.3. The number of benzene rings is 1. The minimum absolute atomic E-state index is 0.0793. The van der Waals surface area contributed by atoms with Gasteiger partial charge in [-0.05, 0) is 51.6 Å². The Balaban J connectivity index is 1.26. The monoisotopic (exact) mass is 507 g/mol. The number of halogens is 2. The average molecular weight is 508 g/mol. The smallest absolute Gasteiger partial charge is 0.261 e. The van der Waals surface area contributed by atoms with Gasteiger partial charge in [0.15, 0.2) is 11.6 Å². The largest absolute Gasteiger partial charge is 0.381 e. The molecule has 2 aliphatic heterocycles. The Morgan fingerprint density at radius 1 is 1.09 bits per heavy atom. The lowest BCUT2D eigenvalue weighted by molar-refractivity contribution is 0.0894. The molecule has 0 amide bonds. The van der Waals surface area contributed by atoms with Gasteiger partial charge in [0.1, 0.15) is 11.2 Å². The van der Waals surface area contributed by atoms with Gasteiger partial charge in [-0.3, -0.25) is 9.69 Å². The fraction of sp³-hybridized carbons (Fsp3) is 0.680. The van der Waals surface area contributed by atoms with E-state index in [1.807, 2.05) is 0 Å². The van der Waals surface area contributed by atoms with Gasteiger partial charge in [0.25, 0.3) is 5.56 Å². The summed E-state index contributed by atoms with van der Waals surface area (Å²) in [6.07, 6.45) is 5.84. The number of ether oxygens (including phenoxy) is 1. The summed E-state index contributed by atoms with van der Waals surface area (Å²) in [5.41, 5.74) is -0.337. The van der Waals surface area contributed by atoms with Crippen LogP contribution in [0.5, 0.6) is 0 Å². The molecule has 5 rings (SSSR count). The minimum atomic E-state index is -1.13. The number of nitrogens with zero attached hydrogens (tertiary/aromatic N) is 3. The standard InChI is InChI=1S/C25H35F2N5O2S/c1-31-8-10-32(11-9-31)17-4-2-16(3-5-17)28-20-14-19-22(24(27)23(20)26)25(33)30-21(29-19)15-35-18-6-12-34-13-7-18/h14,16-18,28H,2-13,15H2,1H3,(H,29,30,33). The van der Waals surface area contributed by atoms with E-state index in [-0.39, 0.29) is 22.6 Å². The Bertz CT molecular complexity index is 1080. The molecule has 2 N–H and O–H groups in total. The second-order valence-corrected chi connectivity index (χ2v) is 11.4. The Morgan fingerprint density at radius 3 is 2.51 bits per heavy atom. The maximum Gasteiger partial charge on any atom is 0.261 e. The normalized spacial score (nSPS) is 25.2. The van der Waals surface area contributed by atoms with Crippen molar-refractivity contribution >= 4 is 28.4 Å². The second-order valence-electron chi connectivity index (χ2n) is 10.1. The average Bonchev–Trinajstić information content (AvgIpc) is 2.87. The molecule has 2 saturated heterocycles. The van der Waals surface area contributed by atoms with Crippen LogP contribution in [0.4, 0.5) is 14.5 Å². The summed E-state index contributed by atoms with van der Waals surface area (Å²) in [7, 11) is 2.16. The summed E-state index contributed by atoms with van der Waals surface area (Å²) in [5, 5.41) is 3.36. The highest BCUT2D eigenvalue weighted by atomic mass is 32.2. The van der Waals surface area contributed by atoms with E-state index in [0.29, 0.717) is 22.9 Å². The molecule has 192 valence electrons. The van der Waals surface area contributed by atoms with Crippen LogP contribution in [-0.2, 0) is 10.5 Å². The molecule has 3 fully saturated rings. The predicted octanol–water partition coefficient (Wildman–Crippen LogP) is 3.58. The molecule has 1 aliphatic carbocycles. The zero-order chi connectivity index (χ0) is 24.4. The molecular formula is C25H35F2N5O2S. The number of piperazine rings is 1. The first-order valence-corrected chi connectivity index (χ1v) is 13.8. The molecule has 0 unspecified atom stereocenters. The minimum Gasteiger partial charge on any atom is -0.381 e. The first-order chi connectivity index (χ1) is 17.0. The van der Waals surface area contributed by atoms with E-state index in [1.54, 1.807) is 11.8 Å². The van der Waals surface area contributed by atoms with E-state index in [9.17, 15) is 13.6 Å². The third-order valence-corrected chi connectivity index (χ3v) is 9.04. The summed E-state index contributed by atoms with van der Waals surface area (Å²) in [6, 6.07) is 2.14. The Hall–Kier alpha value is -1.75. The van der Waals surface area contributed by atoms with Gasteiger partial charge < -0.3 is 19.9 Å². The van der Waals surface area contributed by atoms with Gasteiger partial charge in [-0.25, -0.2) is 13.8 Å². The number of likely N-dealkylation sites (N-methyl/N-ethyl adjacent to an activating group) is 1. The maximum absolute atomic E-state index is 14.9. The Labute approximate surface area is 209 Å². The molecule has 10 heteroatoms. The van der Waals surface area contributed by atoms with Crippen molar-refractivity contribution in [3.05, 3.63) is 33.9 Å². The SMILES string of the molecule is CN1CCN(C2CCC(Nc3cc4nc(CSC5CCOCC5)[nH]c(=O)c4c(F)c3F)CC2)CC1. The van der Waals surface area contributed by atoms with Gasteiger partial charge in [0.2, 0.25) is 0 Å². The molecular weight excluding hydrogens is 472 g/mol. The molecule has 1 aromatic carbocycles. The van der Waals surface area contributed by atoms with Crippen LogP contribution in [0.25, 0.3) is 10.9 Å². The quantitative estimate of drug-likeness (QED) is 0.619. The Kier molecular flexibility index (Phi) is 7.91. The van der Waals surface area contributed by atoms with Crippen molar-refractivity contribution < 1.29 is 13.5 Å². The van der Waals surface area contributed by atoms with Crippen molar-refractivity contribution in [2.75, 3.05) is 51.8 Å². The molecule has 3 aliphatic rings. The summed E-state index contributed by atoms with van der Waals surface area (Å²) in [6.45, 7) is 5.88. The number of thioether (sulfide) groups is 1. The van der Waals surface area contributed by atoms with Crippen LogP contribution in [0.2, 0.25) is 0 Å². The molecule has 0 atom stereocenters. The Morgan fingerprint density at radius 2 is 1.80 bits per heavy atom.